The van der Waals surface area contributed by atoms with Gasteiger partial charge in [0.25, 0.3) is 0 Å². The SMILES string of the molecule is c1ncc(-c2ccc3c(c2)C(c2cc(N4CCOCC4)ncn2)=NC3)cn1. The first-order valence-electron chi connectivity index (χ1n) is 8.97. The standard InChI is InChI=1S/C20H18N6O/c1-2-15-11-23-20(17(15)7-14(1)16-9-21-12-22-10-16)18-8-19(25-13-24-18)26-3-5-27-6-4-26/h1-2,7-10,12-13H,3-6,11H2. The van der Waals surface area contributed by atoms with Crippen molar-refractivity contribution in [2.75, 3.05) is 31.2 Å². The number of morpholine rings is 1. The monoisotopic (exact) mass is 358 g/mol. The summed E-state index contributed by atoms with van der Waals surface area (Å²) in [5, 5.41) is 0. The maximum absolute atomic E-state index is 5.43. The van der Waals surface area contributed by atoms with Gasteiger partial charge in [-0.05, 0) is 17.2 Å². The Balaban J connectivity index is 1.50. The van der Waals surface area contributed by atoms with Crippen LogP contribution >= 0.6 is 0 Å². The molecule has 27 heavy (non-hydrogen) atoms. The Labute approximate surface area is 156 Å². The van der Waals surface area contributed by atoms with Crippen LogP contribution in [0.5, 0.6) is 0 Å². The smallest absolute Gasteiger partial charge is 0.132 e. The zero-order chi connectivity index (χ0) is 18.1. The molecule has 2 aromatic heterocycles. The summed E-state index contributed by atoms with van der Waals surface area (Å²) in [4.78, 5) is 24.1. The van der Waals surface area contributed by atoms with Crippen LogP contribution in [0.15, 0.2) is 54.3 Å². The minimum absolute atomic E-state index is 0.674. The van der Waals surface area contributed by atoms with Crippen molar-refractivity contribution in [1.82, 2.24) is 19.9 Å². The average molecular weight is 358 g/mol. The number of aliphatic imine (C=N–C) groups is 1. The van der Waals surface area contributed by atoms with Crippen molar-refractivity contribution in [3.63, 3.8) is 0 Å². The highest BCUT2D eigenvalue weighted by molar-refractivity contribution is 6.14. The zero-order valence-electron chi connectivity index (χ0n) is 14.7. The van der Waals surface area contributed by atoms with Crippen LogP contribution in [-0.2, 0) is 11.3 Å². The Hall–Kier alpha value is -3.19. The molecule has 7 nitrogen and oxygen atoms in total. The van der Waals surface area contributed by atoms with Gasteiger partial charge in [-0.2, -0.15) is 0 Å². The molecule has 0 atom stereocenters. The van der Waals surface area contributed by atoms with Gasteiger partial charge in [0.1, 0.15) is 18.5 Å². The van der Waals surface area contributed by atoms with Crippen molar-refractivity contribution in [3.05, 3.63) is 66.1 Å². The Morgan fingerprint density at radius 1 is 0.889 bits per heavy atom. The number of hydrogen-bond acceptors (Lipinski definition) is 7. The van der Waals surface area contributed by atoms with Gasteiger partial charge in [-0.15, -0.1) is 0 Å². The Bertz CT molecular complexity index is 998. The lowest BCUT2D eigenvalue weighted by Gasteiger charge is -2.27. The van der Waals surface area contributed by atoms with Gasteiger partial charge in [0, 0.05) is 42.7 Å². The topological polar surface area (TPSA) is 76.4 Å². The molecule has 0 aliphatic carbocycles. The summed E-state index contributed by atoms with van der Waals surface area (Å²) in [5.74, 6) is 0.923. The fourth-order valence-corrected chi connectivity index (χ4v) is 3.47. The summed E-state index contributed by atoms with van der Waals surface area (Å²) < 4.78 is 5.43. The lowest BCUT2D eigenvalue weighted by Crippen LogP contribution is -2.36. The first kappa shape index (κ1) is 16.0. The minimum atomic E-state index is 0.674. The van der Waals surface area contributed by atoms with Crippen LogP contribution in [0, 0.1) is 0 Å². The van der Waals surface area contributed by atoms with Gasteiger partial charge in [0.05, 0.1) is 31.2 Å². The van der Waals surface area contributed by atoms with E-state index in [0.29, 0.717) is 6.54 Å². The molecule has 134 valence electrons. The number of aromatic nitrogens is 4. The van der Waals surface area contributed by atoms with E-state index in [2.05, 4.69) is 43.0 Å². The third kappa shape index (κ3) is 3.06. The van der Waals surface area contributed by atoms with E-state index in [4.69, 9.17) is 9.73 Å². The van der Waals surface area contributed by atoms with Crippen molar-refractivity contribution < 1.29 is 4.74 Å². The highest BCUT2D eigenvalue weighted by atomic mass is 16.5. The van der Waals surface area contributed by atoms with Crippen LogP contribution in [0.1, 0.15) is 16.8 Å². The number of anilines is 1. The normalized spacial score (nSPS) is 16.1. The first-order valence-corrected chi connectivity index (χ1v) is 8.97. The van der Waals surface area contributed by atoms with Gasteiger partial charge in [-0.25, -0.2) is 19.9 Å². The number of nitrogens with zero attached hydrogens (tertiary/aromatic N) is 6. The molecule has 0 N–H and O–H groups in total. The third-order valence-corrected chi connectivity index (χ3v) is 4.90. The summed E-state index contributed by atoms with van der Waals surface area (Å²) in [6, 6.07) is 8.39. The van der Waals surface area contributed by atoms with E-state index < -0.39 is 0 Å². The predicted octanol–water partition coefficient (Wildman–Crippen LogP) is 2.12. The summed E-state index contributed by atoms with van der Waals surface area (Å²) in [6.07, 6.45) is 6.80. The van der Waals surface area contributed by atoms with Crippen molar-refractivity contribution >= 4 is 11.5 Å². The Kier molecular flexibility index (Phi) is 4.06. The van der Waals surface area contributed by atoms with Gasteiger partial charge < -0.3 is 9.64 Å². The van der Waals surface area contributed by atoms with E-state index in [1.807, 2.05) is 18.5 Å². The van der Waals surface area contributed by atoms with Gasteiger partial charge in [0.15, 0.2) is 0 Å². The lowest BCUT2D eigenvalue weighted by molar-refractivity contribution is 0.122. The van der Waals surface area contributed by atoms with Crippen molar-refractivity contribution in [2.24, 2.45) is 4.99 Å². The van der Waals surface area contributed by atoms with E-state index in [0.717, 1.165) is 60.2 Å². The highest BCUT2D eigenvalue weighted by Crippen LogP contribution is 2.28. The summed E-state index contributed by atoms with van der Waals surface area (Å²) in [7, 11) is 0. The van der Waals surface area contributed by atoms with Gasteiger partial charge >= 0.3 is 0 Å². The molecule has 4 heterocycles. The molecule has 0 saturated carbocycles. The second kappa shape index (κ2) is 6.85. The molecule has 1 fully saturated rings. The van der Waals surface area contributed by atoms with Crippen molar-refractivity contribution in [2.45, 2.75) is 6.54 Å². The van der Waals surface area contributed by atoms with Gasteiger partial charge in [0.2, 0.25) is 0 Å². The van der Waals surface area contributed by atoms with Crippen molar-refractivity contribution in [3.8, 4) is 11.1 Å². The second-order valence-corrected chi connectivity index (χ2v) is 6.52. The Morgan fingerprint density at radius 2 is 1.74 bits per heavy atom. The molecule has 2 aliphatic heterocycles. The molecule has 0 spiro atoms. The lowest BCUT2D eigenvalue weighted by atomic mass is 9.98. The number of hydrogen-bond donors (Lipinski definition) is 0. The zero-order valence-corrected chi connectivity index (χ0v) is 14.7. The summed E-state index contributed by atoms with van der Waals surface area (Å²) in [5.41, 5.74) is 6.15. The number of fused-ring (bicyclic) bond motifs is 1. The number of ether oxygens (including phenoxy) is 1. The third-order valence-electron chi connectivity index (χ3n) is 4.90. The van der Waals surface area contributed by atoms with E-state index in [1.54, 1.807) is 6.33 Å². The number of rotatable bonds is 3. The van der Waals surface area contributed by atoms with Gasteiger partial charge in [-0.1, -0.05) is 12.1 Å². The molecule has 7 heteroatoms. The summed E-state index contributed by atoms with van der Waals surface area (Å²) in [6.45, 7) is 3.82. The maximum Gasteiger partial charge on any atom is 0.132 e. The number of benzene rings is 1. The second-order valence-electron chi connectivity index (χ2n) is 6.52. The maximum atomic E-state index is 5.43. The van der Waals surface area contributed by atoms with Crippen LogP contribution in [0.25, 0.3) is 11.1 Å². The molecular weight excluding hydrogens is 340 g/mol. The van der Waals surface area contributed by atoms with Crippen LogP contribution in [0.4, 0.5) is 5.82 Å². The van der Waals surface area contributed by atoms with Gasteiger partial charge in [-0.3, -0.25) is 4.99 Å². The minimum Gasteiger partial charge on any atom is -0.378 e. The van der Waals surface area contributed by atoms with Crippen LogP contribution < -0.4 is 4.90 Å². The fraction of sp³-hybridized carbons (Fsp3) is 0.250. The van der Waals surface area contributed by atoms with Crippen molar-refractivity contribution in [1.29, 1.82) is 0 Å². The largest absolute Gasteiger partial charge is 0.378 e. The molecule has 1 aromatic carbocycles. The fourth-order valence-electron chi connectivity index (χ4n) is 3.47. The molecule has 0 unspecified atom stereocenters. The quantitative estimate of drug-likeness (QED) is 0.714. The highest BCUT2D eigenvalue weighted by Gasteiger charge is 2.21. The molecule has 0 amide bonds. The first-order chi connectivity index (χ1) is 13.4. The van der Waals surface area contributed by atoms with E-state index in [-0.39, 0.29) is 0 Å². The van der Waals surface area contributed by atoms with Crippen LogP contribution in [0.2, 0.25) is 0 Å². The van der Waals surface area contributed by atoms with E-state index in [9.17, 15) is 0 Å². The average Bonchev–Trinajstić information content (AvgIpc) is 3.18. The molecule has 0 radical (unpaired) electrons. The molecule has 2 aliphatic rings. The molecule has 1 saturated heterocycles. The van der Waals surface area contributed by atoms with Crippen LogP contribution in [-0.4, -0.2) is 52.0 Å². The molecular formula is C20H18N6O. The molecule has 5 rings (SSSR count). The molecule has 3 aromatic rings. The van der Waals surface area contributed by atoms with E-state index >= 15 is 0 Å². The predicted molar refractivity (Wildman–Crippen MR) is 102 cm³/mol. The Morgan fingerprint density at radius 3 is 2.59 bits per heavy atom. The van der Waals surface area contributed by atoms with Crippen LogP contribution in [0.3, 0.4) is 0 Å². The molecule has 0 bridgehead atoms. The summed E-state index contributed by atoms with van der Waals surface area (Å²) >= 11 is 0. The van der Waals surface area contributed by atoms with E-state index in [1.165, 1.54) is 11.9 Å².